The van der Waals surface area contributed by atoms with Crippen molar-refractivity contribution >= 4 is 22.6 Å². The molecule has 0 aliphatic carbocycles. The zero-order valence-corrected chi connectivity index (χ0v) is 15.8. The van der Waals surface area contributed by atoms with Crippen molar-refractivity contribution < 1.29 is 0 Å². The lowest BCUT2D eigenvalue weighted by molar-refractivity contribution is 0.197. The van der Waals surface area contributed by atoms with E-state index in [9.17, 15) is 0 Å². The van der Waals surface area contributed by atoms with Crippen LogP contribution >= 0.6 is 22.6 Å². The molecule has 1 rings (SSSR count). The molecule has 2 unspecified atom stereocenters. The van der Waals surface area contributed by atoms with Gasteiger partial charge in [-0.1, -0.05) is 67.3 Å². The van der Waals surface area contributed by atoms with Crippen molar-refractivity contribution in [2.24, 2.45) is 11.8 Å². The summed E-state index contributed by atoms with van der Waals surface area (Å²) in [4.78, 5) is 2.71. The van der Waals surface area contributed by atoms with Crippen LogP contribution in [0.2, 0.25) is 0 Å². The lowest BCUT2D eigenvalue weighted by atomic mass is 9.96. The Kier molecular flexibility index (Phi) is 11.1. The second kappa shape index (κ2) is 12.0. The highest BCUT2D eigenvalue weighted by Crippen LogP contribution is 2.19. The van der Waals surface area contributed by atoms with Gasteiger partial charge in [0.15, 0.2) is 0 Å². The van der Waals surface area contributed by atoms with Gasteiger partial charge < -0.3 is 4.90 Å². The first kappa shape index (κ1) is 18.5. The Labute approximate surface area is 140 Å². The molecule has 20 heavy (non-hydrogen) atoms. The van der Waals surface area contributed by atoms with Gasteiger partial charge in [-0.05, 0) is 57.5 Å². The molecule has 1 fully saturated rings. The van der Waals surface area contributed by atoms with Crippen molar-refractivity contribution in [3.63, 3.8) is 0 Å². The third kappa shape index (κ3) is 8.66. The van der Waals surface area contributed by atoms with Crippen LogP contribution in [0.3, 0.4) is 0 Å². The Bertz CT molecular complexity index is 246. The van der Waals surface area contributed by atoms with Gasteiger partial charge in [0.25, 0.3) is 0 Å². The number of piperidine rings is 1. The second-order valence-corrected chi connectivity index (χ2v) is 7.46. The normalized spacial score (nSPS) is 20.4. The number of likely N-dealkylation sites (tertiary alicyclic amines) is 1. The zero-order chi connectivity index (χ0) is 14.6. The van der Waals surface area contributed by atoms with E-state index < -0.39 is 0 Å². The summed E-state index contributed by atoms with van der Waals surface area (Å²) in [6, 6.07) is 0. The summed E-state index contributed by atoms with van der Waals surface area (Å²) in [5, 5.41) is 0. The molecule has 1 aliphatic heterocycles. The molecule has 0 aromatic rings. The Morgan fingerprint density at radius 3 is 2.45 bits per heavy atom. The summed E-state index contributed by atoms with van der Waals surface area (Å²) in [6.45, 7) is 8.58. The molecule has 0 saturated carbocycles. The molecule has 0 bridgehead atoms. The van der Waals surface area contributed by atoms with Crippen molar-refractivity contribution in [2.75, 3.05) is 24.1 Å². The van der Waals surface area contributed by atoms with Crippen molar-refractivity contribution in [1.82, 2.24) is 4.90 Å². The van der Waals surface area contributed by atoms with Crippen LogP contribution in [0.4, 0.5) is 0 Å². The first-order chi connectivity index (χ1) is 9.76. The van der Waals surface area contributed by atoms with Gasteiger partial charge in [-0.2, -0.15) is 0 Å². The summed E-state index contributed by atoms with van der Waals surface area (Å²) in [6.07, 6.45) is 15.8. The smallest absolute Gasteiger partial charge is 0.00359 e. The fraction of sp³-hybridized carbons (Fsp3) is 0.889. The van der Waals surface area contributed by atoms with E-state index in [1.807, 2.05) is 0 Å². The van der Waals surface area contributed by atoms with Gasteiger partial charge in [-0.3, -0.25) is 0 Å². The fourth-order valence-electron chi connectivity index (χ4n) is 3.14. The molecule has 0 radical (unpaired) electrons. The Morgan fingerprint density at radius 1 is 1.10 bits per heavy atom. The molecule has 1 heterocycles. The molecule has 0 amide bonds. The van der Waals surface area contributed by atoms with Gasteiger partial charge in [0.1, 0.15) is 0 Å². The number of rotatable bonds is 10. The van der Waals surface area contributed by atoms with Gasteiger partial charge in [0.05, 0.1) is 0 Å². The topological polar surface area (TPSA) is 3.24 Å². The first-order valence-electron chi connectivity index (χ1n) is 8.65. The van der Waals surface area contributed by atoms with Crippen molar-refractivity contribution in [1.29, 1.82) is 0 Å². The zero-order valence-electron chi connectivity index (χ0n) is 13.6. The van der Waals surface area contributed by atoms with Crippen LogP contribution in [0.1, 0.15) is 65.2 Å². The monoisotopic (exact) mass is 391 g/mol. The largest absolute Gasteiger partial charge is 0.303 e. The molecule has 0 spiro atoms. The standard InChI is InChI=1S/C18H34IN/c1-3-4-10-17(2)11-6-7-12-18(15-19)16-20-13-8-5-9-14-20/h3-4,17-18H,5-16H2,1-2H3/b4-3+. The SMILES string of the molecule is C/C=C/CC(C)CCCCC(CI)CN1CCCCC1. The predicted octanol–water partition coefficient (Wildman–Crippen LogP) is 5.69. The van der Waals surface area contributed by atoms with Gasteiger partial charge >= 0.3 is 0 Å². The third-order valence-electron chi connectivity index (χ3n) is 4.52. The molecule has 1 nitrogen and oxygen atoms in total. The molecule has 2 heteroatoms. The number of unbranched alkanes of at least 4 members (excludes halogenated alkanes) is 1. The lowest BCUT2D eigenvalue weighted by Crippen LogP contribution is -2.34. The maximum Gasteiger partial charge on any atom is 0.00359 e. The molecule has 118 valence electrons. The van der Waals surface area contributed by atoms with Crippen LogP contribution in [0, 0.1) is 11.8 Å². The van der Waals surface area contributed by atoms with Crippen LogP contribution in [-0.4, -0.2) is 29.0 Å². The van der Waals surface area contributed by atoms with E-state index in [1.54, 1.807) is 0 Å². The third-order valence-corrected chi connectivity index (χ3v) is 5.76. The van der Waals surface area contributed by atoms with Crippen LogP contribution in [0.15, 0.2) is 12.2 Å². The van der Waals surface area contributed by atoms with Crippen LogP contribution in [-0.2, 0) is 0 Å². The van der Waals surface area contributed by atoms with Crippen molar-refractivity contribution in [3.05, 3.63) is 12.2 Å². The van der Waals surface area contributed by atoms with E-state index in [4.69, 9.17) is 0 Å². The Balaban J connectivity index is 2.08. The lowest BCUT2D eigenvalue weighted by Gasteiger charge is -2.29. The Morgan fingerprint density at radius 2 is 1.80 bits per heavy atom. The van der Waals surface area contributed by atoms with E-state index in [1.165, 1.54) is 75.4 Å². The van der Waals surface area contributed by atoms with E-state index in [-0.39, 0.29) is 0 Å². The number of alkyl halides is 1. The maximum absolute atomic E-state index is 2.71. The minimum atomic E-state index is 0.867. The summed E-state index contributed by atoms with van der Waals surface area (Å²) in [7, 11) is 0. The number of halogens is 1. The summed E-state index contributed by atoms with van der Waals surface area (Å²) in [5.41, 5.74) is 0. The van der Waals surface area contributed by atoms with Gasteiger partial charge in [0, 0.05) is 11.0 Å². The predicted molar refractivity (Wildman–Crippen MR) is 99.7 cm³/mol. The minimum Gasteiger partial charge on any atom is -0.303 e. The molecule has 1 saturated heterocycles. The number of allylic oxidation sites excluding steroid dienone is 2. The summed E-state index contributed by atoms with van der Waals surface area (Å²) < 4.78 is 1.34. The average Bonchev–Trinajstić information content (AvgIpc) is 2.49. The van der Waals surface area contributed by atoms with Crippen LogP contribution in [0.5, 0.6) is 0 Å². The average molecular weight is 391 g/mol. The highest BCUT2D eigenvalue weighted by atomic mass is 127. The van der Waals surface area contributed by atoms with Crippen molar-refractivity contribution in [2.45, 2.75) is 65.2 Å². The van der Waals surface area contributed by atoms with E-state index in [0.717, 1.165) is 11.8 Å². The highest BCUT2D eigenvalue weighted by molar-refractivity contribution is 14.1. The second-order valence-electron chi connectivity index (χ2n) is 6.58. The molecule has 1 aliphatic rings. The van der Waals surface area contributed by atoms with E-state index in [0.29, 0.717) is 0 Å². The molecular formula is C18H34IN. The number of hydrogen-bond donors (Lipinski definition) is 0. The summed E-state index contributed by atoms with van der Waals surface area (Å²) >= 11 is 2.59. The number of nitrogens with zero attached hydrogens (tertiary/aromatic N) is 1. The van der Waals surface area contributed by atoms with Crippen LogP contribution in [0.25, 0.3) is 0 Å². The van der Waals surface area contributed by atoms with Crippen LogP contribution < -0.4 is 0 Å². The Hall–Kier alpha value is 0.430. The van der Waals surface area contributed by atoms with Gasteiger partial charge in [-0.15, -0.1) is 0 Å². The minimum absolute atomic E-state index is 0.867. The highest BCUT2D eigenvalue weighted by Gasteiger charge is 2.15. The number of hydrogen-bond acceptors (Lipinski definition) is 1. The molecule has 0 aromatic carbocycles. The van der Waals surface area contributed by atoms with E-state index >= 15 is 0 Å². The van der Waals surface area contributed by atoms with Gasteiger partial charge in [-0.25, -0.2) is 0 Å². The van der Waals surface area contributed by atoms with Crippen molar-refractivity contribution in [3.8, 4) is 0 Å². The quantitative estimate of drug-likeness (QED) is 0.200. The van der Waals surface area contributed by atoms with Gasteiger partial charge in [0.2, 0.25) is 0 Å². The summed E-state index contributed by atoms with van der Waals surface area (Å²) in [5.74, 6) is 1.80. The molecule has 2 atom stereocenters. The molecule has 0 aromatic heterocycles. The first-order valence-corrected chi connectivity index (χ1v) is 10.2. The van der Waals surface area contributed by atoms with E-state index in [2.05, 4.69) is 53.5 Å². The molecular weight excluding hydrogens is 357 g/mol. The maximum atomic E-state index is 2.71. The fourth-order valence-corrected chi connectivity index (χ4v) is 3.86. The molecule has 0 N–H and O–H groups in total.